The maximum absolute atomic E-state index is 9.65. The summed E-state index contributed by atoms with van der Waals surface area (Å²) < 4.78 is 255. The number of benzene rings is 8. The average Bonchev–Trinajstić information content (AvgIpc) is 3.76. The summed E-state index contributed by atoms with van der Waals surface area (Å²) in [5.74, 6) is 0. The highest BCUT2D eigenvalue weighted by molar-refractivity contribution is 6.22. The third kappa shape index (κ3) is 4.09. The zero-order valence-electron chi connectivity index (χ0n) is 50.4. The van der Waals surface area contributed by atoms with Crippen molar-refractivity contribution in [3.05, 3.63) is 169 Å². The van der Waals surface area contributed by atoms with Crippen LogP contribution in [0.4, 0.5) is 0 Å². The Morgan fingerprint density at radius 2 is 0.667 bits per heavy atom. The lowest BCUT2D eigenvalue weighted by molar-refractivity contribution is 0.669. The second kappa shape index (κ2) is 10.4. The fraction of sp³-hybridized carbons (Fsp3) is 0. The summed E-state index contributed by atoms with van der Waals surface area (Å²) in [6.45, 7) is 0. The lowest BCUT2D eigenvalue weighted by Crippen LogP contribution is -1.90. The van der Waals surface area contributed by atoms with Gasteiger partial charge in [0.1, 0.15) is 11.2 Å². The van der Waals surface area contributed by atoms with Gasteiger partial charge in [-0.05, 0) is 78.1 Å². The molecule has 9 aromatic rings. The first-order valence-corrected chi connectivity index (χ1v) is 13.2. The highest BCUT2D eigenvalue weighted by Gasteiger charge is 2.18. The molecular formula is C44H28O. The summed E-state index contributed by atoms with van der Waals surface area (Å²) in [5, 5.41) is -4.04. The van der Waals surface area contributed by atoms with E-state index in [0.29, 0.717) is 0 Å². The standard InChI is InChI=1S/C44H28O/c1-3-13-29(14-4-1)33-21-11-23-39-43(33)44-34(22-12-24-40(44)45-39)30-25-27-32(28-26-30)42-37-19-9-7-17-35(37)41(31-15-5-2-6-16-31)36-18-8-10-20-38(36)42/h1-28H/i1D,2D,3D,4D,5D,6D,7D,8D,9D,10D,11D,12D,13D,14D,15D,16D,17D,18D,19D,20D,21D,22D,23D,24D,25D,26D,27D,28D. The third-order valence-electron chi connectivity index (χ3n) is 7.14. The van der Waals surface area contributed by atoms with E-state index in [0.717, 1.165) is 0 Å². The molecule has 45 heavy (non-hydrogen) atoms. The average molecular weight is 601 g/mol. The van der Waals surface area contributed by atoms with E-state index in [4.69, 9.17) is 30.5 Å². The number of rotatable bonds is 4. The molecule has 0 aliphatic carbocycles. The van der Waals surface area contributed by atoms with Crippen LogP contribution in [0.15, 0.2) is 174 Å². The number of fused-ring (bicyclic) bond motifs is 5. The van der Waals surface area contributed by atoms with Gasteiger partial charge in [-0.25, -0.2) is 0 Å². The fourth-order valence-corrected chi connectivity index (χ4v) is 5.32. The summed E-state index contributed by atoms with van der Waals surface area (Å²) in [6.07, 6.45) is 0. The third-order valence-corrected chi connectivity index (χ3v) is 7.14. The number of hydrogen-bond donors (Lipinski definition) is 0. The number of hydrogen-bond acceptors (Lipinski definition) is 1. The van der Waals surface area contributed by atoms with Crippen molar-refractivity contribution < 1.29 is 42.8 Å². The Balaban J connectivity index is 1.54. The Bertz CT molecular complexity index is 3950. The van der Waals surface area contributed by atoms with Crippen molar-refractivity contribution in [2.75, 3.05) is 0 Å². The molecule has 0 saturated heterocycles. The molecule has 0 amide bonds. The predicted molar refractivity (Wildman–Crippen MR) is 190 cm³/mol. The monoisotopic (exact) mass is 600 g/mol. The molecule has 0 bridgehead atoms. The maximum atomic E-state index is 9.65. The normalized spacial score (nSPS) is 20.3. The Kier molecular flexibility index (Phi) is 2.32. The van der Waals surface area contributed by atoms with Gasteiger partial charge in [-0.2, -0.15) is 0 Å². The van der Waals surface area contributed by atoms with E-state index in [1.807, 2.05) is 0 Å². The van der Waals surface area contributed by atoms with Crippen molar-refractivity contribution in [3.63, 3.8) is 0 Å². The zero-order chi connectivity index (χ0) is 54.1. The van der Waals surface area contributed by atoms with Crippen molar-refractivity contribution in [1.29, 1.82) is 0 Å². The topological polar surface area (TPSA) is 13.1 Å². The van der Waals surface area contributed by atoms with Crippen molar-refractivity contribution in [2.24, 2.45) is 0 Å². The molecule has 1 heterocycles. The molecular weight excluding hydrogens is 544 g/mol. The van der Waals surface area contributed by atoms with Crippen molar-refractivity contribution in [1.82, 2.24) is 0 Å². The molecule has 0 spiro atoms. The molecule has 0 radical (unpaired) electrons. The first-order chi connectivity index (χ1) is 34.0. The second-order valence-corrected chi connectivity index (χ2v) is 9.51. The summed E-state index contributed by atoms with van der Waals surface area (Å²) in [4.78, 5) is 0. The van der Waals surface area contributed by atoms with E-state index in [-0.39, 0.29) is 0 Å². The SMILES string of the molecule is [2H]c1c([2H])c([2H])c(-c2c3c([2H])c([2H])c([2H])c([2H])c3c(-c3c([2H])c([2H])c(-c4c([2H])c([2H])c([2H])c5oc6c([2H])c([2H])c([2H])c(-c7c([2H])c([2H])c([2H])c([2H])c7[2H])c6c45)c([2H])c3[2H])c3c([2H])c([2H])c([2H])c([2H])c23)c([2H])c1[2H]. The van der Waals surface area contributed by atoms with Gasteiger partial charge in [0.25, 0.3) is 0 Å². The molecule has 210 valence electrons. The Morgan fingerprint density at radius 1 is 0.311 bits per heavy atom. The van der Waals surface area contributed by atoms with Gasteiger partial charge in [0.15, 0.2) is 0 Å². The molecule has 0 saturated carbocycles. The highest BCUT2D eigenvalue weighted by Crippen LogP contribution is 2.45. The minimum atomic E-state index is -1.13. The molecule has 0 aliphatic heterocycles. The molecule has 1 aromatic heterocycles. The largest absolute Gasteiger partial charge is 0.456 e. The van der Waals surface area contributed by atoms with Crippen LogP contribution in [0.2, 0.25) is 0 Å². The van der Waals surface area contributed by atoms with Gasteiger partial charge in [0, 0.05) is 10.8 Å². The van der Waals surface area contributed by atoms with Crippen molar-refractivity contribution >= 4 is 43.5 Å². The molecule has 0 fully saturated rings. The minimum Gasteiger partial charge on any atom is -0.456 e. The zero-order valence-corrected chi connectivity index (χ0v) is 22.4. The molecule has 8 aromatic carbocycles. The van der Waals surface area contributed by atoms with E-state index in [1.54, 1.807) is 0 Å². The van der Waals surface area contributed by atoms with Crippen LogP contribution in [0.25, 0.3) is 88.0 Å². The van der Waals surface area contributed by atoms with Gasteiger partial charge in [-0.3, -0.25) is 0 Å². The van der Waals surface area contributed by atoms with Crippen molar-refractivity contribution in [2.45, 2.75) is 0 Å². The van der Waals surface area contributed by atoms with Crippen LogP contribution in [0.1, 0.15) is 38.4 Å². The molecule has 0 aliphatic rings. The van der Waals surface area contributed by atoms with Crippen molar-refractivity contribution in [3.8, 4) is 44.5 Å². The van der Waals surface area contributed by atoms with Gasteiger partial charge in [-0.1, -0.05) is 157 Å². The van der Waals surface area contributed by atoms with Gasteiger partial charge in [0.2, 0.25) is 0 Å². The Labute approximate surface area is 301 Å². The second-order valence-electron chi connectivity index (χ2n) is 9.51. The summed E-state index contributed by atoms with van der Waals surface area (Å²) in [7, 11) is 0. The smallest absolute Gasteiger partial charge is 0.136 e. The van der Waals surface area contributed by atoms with Crippen LogP contribution in [-0.4, -0.2) is 0 Å². The van der Waals surface area contributed by atoms with Crippen LogP contribution >= 0.6 is 0 Å². The van der Waals surface area contributed by atoms with E-state index in [9.17, 15) is 12.3 Å². The highest BCUT2D eigenvalue weighted by atomic mass is 16.3. The quantitative estimate of drug-likeness (QED) is 0.183. The summed E-state index contributed by atoms with van der Waals surface area (Å²) >= 11 is 0. The fourth-order valence-electron chi connectivity index (χ4n) is 5.32. The first-order valence-electron chi connectivity index (χ1n) is 27.2. The number of furan rings is 1. The van der Waals surface area contributed by atoms with Crippen LogP contribution in [0.3, 0.4) is 0 Å². The van der Waals surface area contributed by atoms with Crippen LogP contribution < -0.4 is 0 Å². The van der Waals surface area contributed by atoms with Crippen LogP contribution in [0, 0.1) is 0 Å². The molecule has 0 atom stereocenters. The van der Waals surface area contributed by atoms with Gasteiger partial charge < -0.3 is 4.42 Å². The van der Waals surface area contributed by atoms with Gasteiger partial charge in [-0.15, -0.1) is 0 Å². The molecule has 0 unspecified atom stereocenters. The van der Waals surface area contributed by atoms with E-state index >= 15 is 0 Å². The predicted octanol–water partition coefficient (Wildman–Crippen LogP) is 12.6. The van der Waals surface area contributed by atoms with Crippen LogP contribution in [0.5, 0.6) is 0 Å². The molecule has 0 N–H and O–H groups in total. The summed E-state index contributed by atoms with van der Waals surface area (Å²) in [6, 6.07) is -26.8. The molecule has 1 nitrogen and oxygen atoms in total. The molecule has 9 rings (SSSR count). The lowest BCUT2D eigenvalue weighted by Gasteiger charge is -2.18. The van der Waals surface area contributed by atoms with E-state index in [2.05, 4.69) is 0 Å². The van der Waals surface area contributed by atoms with E-state index < -0.39 is 257 Å². The Morgan fingerprint density at radius 3 is 1.13 bits per heavy atom. The maximum Gasteiger partial charge on any atom is 0.136 e. The summed E-state index contributed by atoms with van der Waals surface area (Å²) in [5.41, 5.74) is -7.42. The van der Waals surface area contributed by atoms with E-state index in [1.165, 1.54) is 0 Å². The van der Waals surface area contributed by atoms with Gasteiger partial charge in [0.05, 0.1) is 38.4 Å². The van der Waals surface area contributed by atoms with Crippen LogP contribution in [-0.2, 0) is 0 Å². The van der Waals surface area contributed by atoms with Gasteiger partial charge >= 0.3 is 0 Å². The Hall–Kier alpha value is -5.92. The molecule has 1 heteroatoms. The lowest BCUT2D eigenvalue weighted by atomic mass is 9.85. The minimum absolute atomic E-state index is 0.551. The first kappa shape index (κ1) is 10.1.